The second-order valence-corrected chi connectivity index (χ2v) is 9.26. The Labute approximate surface area is 189 Å². The van der Waals surface area contributed by atoms with Crippen LogP contribution in [-0.4, -0.2) is 103 Å². The van der Waals surface area contributed by atoms with Crippen LogP contribution in [0.3, 0.4) is 0 Å². The van der Waals surface area contributed by atoms with Crippen molar-refractivity contribution in [3.05, 3.63) is 11.8 Å². The Hall–Kier alpha value is -1.60. The number of rotatable bonds is 10. The summed E-state index contributed by atoms with van der Waals surface area (Å²) in [6.45, 7) is 14.8. The minimum absolute atomic E-state index is 0.0323. The predicted octanol–water partition coefficient (Wildman–Crippen LogP) is 2.64. The van der Waals surface area contributed by atoms with Gasteiger partial charge in [0.25, 0.3) is 0 Å². The number of likely N-dealkylation sites (N-methyl/N-ethyl adjacent to an activating group) is 2. The molecule has 1 N–H and O–H groups in total. The lowest BCUT2D eigenvalue weighted by Crippen LogP contribution is -2.59. The van der Waals surface area contributed by atoms with E-state index < -0.39 is 0 Å². The predicted molar refractivity (Wildman–Crippen MR) is 127 cm³/mol. The van der Waals surface area contributed by atoms with E-state index >= 15 is 0 Å². The SMILES string of the molecule is CCCN1C[C@@H](NC(=O)N(CC)CCN(CC)CC)C[C@@H]2CC(=O)C(=CN(C)C)C[C@H]21. The third-order valence-electron chi connectivity index (χ3n) is 6.79. The zero-order valence-electron chi connectivity index (χ0n) is 20.7. The van der Waals surface area contributed by atoms with Gasteiger partial charge in [0.15, 0.2) is 5.78 Å². The number of Topliss-reactive ketones (excluding diaryl/α,β-unsaturated/α-hetero) is 1. The van der Waals surface area contributed by atoms with E-state index in [2.05, 4.69) is 35.9 Å². The molecular formula is C24H45N5O2. The van der Waals surface area contributed by atoms with Gasteiger partial charge in [0, 0.05) is 70.6 Å². The van der Waals surface area contributed by atoms with Crippen LogP contribution in [0.5, 0.6) is 0 Å². The fourth-order valence-corrected chi connectivity index (χ4v) is 5.09. The first-order valence-electron chi connectivity index (χ1n) is 12.2. The molecule has 0 radical (unpaired) electrons. The maximum absolute atomic E-state index is 13.0. The number of nitrogens with zero attached hydrogens (tertiary/aromatic N) is 4. The molecule has 0 aromatic carbocycles. The molecule has 0 aromatic heterocycles. The van der Waals surface area contributed by atoms with E-state index in [-0.39, 0.29) is 17.9 Å². The second-order valence-electron chi connectivity index (χ2n) is 9.26. The normalized spacial score (nSPS) is 25.6. The Morgan fingerprint density at radius 3 is 2.39 bits per heavy atom. The molecule has 0 aromatic rings. The molecular weight excluding hydrogens is 390 g/mol. The Morgan fingerprint density at radius 2 is 1.81 bits per heavy atom. The molecule has 2 amide bonds. The van der Waals surface area contributed by atoms with Gasteiger partial charge in [-0.15, -0.1) is 0 Å². The fraction of sp³-hybridized carbons (Fsp3) is 0.833. The summed E-state index contributed by atoms with van der Waals surface area (Å²) >= 11 is 0. The molecule has 0 spiro atoms. The van der Waals surface area contributed by atoms with Crippen molar-refractivity contribution >= 4 is 11.8 Å². The number of urea groups is 1. The average molecular weight is 436 g/mol. The number of ketones is 1. The van der Waals surface area contributed by atoms with Gasteiger partial charge in [0.2, 0.25) is 0 Å². The van der Waals surface area contributed by atoms with Gasteiger partial charge in [-0.1, -0.05) is 20.8 Å². The quantitative estimate of drug-likeness (QED) is 0.535. The van der Waals surface area contributed by atoms with E-state index in [1.165, 1.54) is 0 Å². The molecule has 2 rings (SSSR count). The van der Waals surface area contributed by atoms with E-state index in [0.717, 1.165) is 64.1 Å². The van der Waals surface area contributed by atoms with Crippen molar-refractivity contribution < 1.29 is 9.59 Å². The van der Waals surface area contributed by atoms with Crippen molar-refractivity contribution in [2.45, 2.75) is 65.5 Å². The first kappa shape index (κ1) is 25.7. The van der Waals surface area contributed by atoms with Crippen LogP contribution in [0.2, 0.25) is 0 Å². The topological polar surface area (TPSA) is 59.1 Å². The smallest absolute Gasteiger partial charge is 0.317 e. The molecule has 1 aliphatic heterocycles. The summed E-state index contributed by atoms with van der Waals surface area (Å²) < 4.78 is 0. The lowest BCUT2D eigenvalue weighted by molar-refractivity contribution is -0.119. The number of carbonyl (C=O) groups excluding carboxylic acids is 2. The van der Waals surface area contributed by atoms with Crippen molar-refractivity contribution in [3.8, 4) is 0 Å². The molecule has 1 aliphatic carbocycles. The van der Waals surface area contributed by atoms with Crippen molar-refractivity contribution in [1.29, 1.82) is 0 Å². The first-order chi connectivity index (χ1) is 14.8. The molecule has 178 valence electrons. The van der Waals surface area contributed by atoms with Crippen LogP contribution in [0.4, 0.5) is 4.79 Å². The van der Waals surface area contributed by atoms with E-state index in [1.54, 1.807) is 0 Å². The number of piperidine rings is 1. The molecule has 7 nitrogen and oxygen atoms in total. The minimum atomic E-state index is 0.0323. The van der Waals surface area contributed by atoms with Gasteiger partial charge in [-0.05, 0) is 51.7 Å². The third-order valence-corrected chi connectivity index (χ3v) is 6.79. The Kier molecular flexibility index (Phi) is 10.3. The summed E-state index contributed by atoms with van der Waals surface area (Å²) in [5.74, 6) is 0.593. The number of hydrogen-bond acceptors (Lipinski definition) is 5. The van der Waals surface area contributed by atoms with Crippen LogP contribution >= 0.6 is 0 Å². The summed E-state index contributed by atoms with van der Waals surface area (Å²) in [5.41, 5.74) is 0.948. The van der Waals surface area contributed by atoms with Crippen molar-refractivity contribution in [1.82, 2.24) is 24.9 Å². The number of nitrogens with one attached hydrogen (secondary N) is 1. The number of carbonyl (C=O) groups is 2. The highest BCUT2D eigenvalue weighted by Crippen LogP contribution is 2.36. The maximum atomic E-state index is 13.0. The summed E-state index contributed by atoms with van der Waals surface area (Å²) in [7, 11) is 3.95. The number of hydrogen-bond donors (Lipinski definition) is 1. The zero-order valence-corrected chi connectivity index (χ0v) is 20.7. The molecule has 0 unspecified atom stereocenters. The summed E-state index contributed by atoms with van der Waals surface area (Å²) in [6.07, 6.45) is 5.38. The molecule has 0 bridgehead atoms. The third kappa shape index (κ3) is 7.21. The van der Waals surface area contributed by atoms with E-state index in [9.17, 15) is 9.59 Å². The largest absolute Gasteiger partial charge is 0.383 e. The lowest BCUT2D eigenvalue weighted by Gasteiger charge is -2.47. The van der Waals surface area contributed by atoms with Gasteiger partial charge in [0.1, 0.15) is 0 Å². The Balaban J connectivity index is 2.02. The van der Waals surface area contributed by atoms with Gasteiger partial charge in [-0.3, -0.25) is 9.69 Å². The van der Waals surface area contributed by atoms with Gasteiger partial charge >= 0.3 is 6.03 Å². The van der Waals surface area contributed by atoms with Crippen molar-refractivity contribution in [2.75, 3.05) is 59.9 Å². The Bertz CT molecular complexity index is 617. The van der Waals surface area contributed by atoms with Crippen LogP contribution < -0.4 is 5.32 Å². The highest BCUT2D eigenvalue weighted by molar-refractivity contribution is 5.96. The summed E-state index contributed by atoms with van der Waals surface area (Å²) in [6, 6.07) is 0.543. The van der Waals surface area contributed by atoms with E-state index in [0.29, 0.717) is 24.9 Å². The standard InChI is InChI=1S/C24H45N5O2/c1-7-11-29-18-21(25-24(31)28(10-4)13-12-27(8-2)9-3)14-19-16-23(30)20(15-22(19)29)17-26(5)6/h17,19,21-22H,7-16,18H2,1-6H3,(H,25,31)/t19-,21+,22-/m1/s1. The van der Waals surface area contributed by atoms with Gasteiger partial charge in [0.05, 0.1) is 0 Å². The van der Waals surface area contributed by atoms with Crippen LogP contribution in [0.15, 0.2) is 11.8 Å². The van der Waals surface area contributed by atoms with Gasteiger partial charge in [-0.25, -0.2) is 4.79 Å². The number of fused-ring (bicyclic) bond motifs is 1. The van der Waals surface area contributed by atoms with E-state index in [4.69, 9.17) is 0 Å². The highest BCUT2D eigenvalue weighted by atomic mass is 16.2. The fourth-order valence-electron chi connectivity index (χ4n) is 5.09. The monoisotopic (exact) mass is 435 g/mol. The molecule has 7 heteroatoms. The van der Waals surface area contributed by atoms with Crippen LogP contribution in [0.25, 0.3) is 0 Å². The number of amides is 2. The Morgan fingerprint density at radius 1 is 1.10 bits per heavy atom. The summed E-state index contributed by atoms with van der Waals surface area (Å²) in [5, 5.41) is 3.30. The summed E-state index contributed by atoms with van der Waals surface area (Å²) in [4.78, 5) is 34.5. The van der Waals surface area contributed by atoms with Crippen LogP contribution in [0.1, 0.15) is 53.4 Å². The zero-order chi connectivity index (χ0) is 23.0. The van der Waals surface area contributed by atoms with Crippen molar-refractivity contribution in [3.63, 3.8) is 0 Å². The van der Waals surface area contributed by atoms with Crippen molar-refractivity contribution in [2.24, 2.45) is 5.92 Å². The van der Waals surface area contributed by atoms with Gasteiger partial charge in [-0.2, -0.15) is 0 Å². The van der Waals surface area contributed by atoms with Crippen LogP contribution in [0, 0.1) is 5.92 Å². The number of likely N-dealkylation sites (tertiary alicyclic amines) is 1. The lowest BCUT2D eigenvalue weighted by atomic mass is 9.74. The molecule has 1 saturated heterocycles. The molecule has 1 heterocycles. The first-order valence-corrected chi connectivity index (χ1v) is 12.2. The second kappa shape index (κ2) is 12.4. The molecule has 2 fully saturated rings. The average Bonchev–Trinajstić information content (AvgIpc) is 2.72. The molecule has 1 saturated carbocycles. The molecule has 2 aliphatic rings. The maximum Gasteiger partial charge on any atom is 0.317 e. The molecule has 31 heavy (non-hydrogen) atoms. The van der Waals surface area contributed by atoms with E-state index in [1.807, 2.05) is 37.0 Å². The minimum Gasteiger partial charge on any atom is -0.383 e. The highest BCUT2D eigenvalue weighted by Gasteiger charge is 2.41. The molecule has 3 atom stereocenters. The van der Waals surface area contributed by atoms with Crippen LogP contribution in [-0.2, 0) is 4.79 Å². The van der Waals surface area contributed by atoms with Gasteiger partial charge < -0.3 is 20.0 Å².